The van der Waals surface area contributed by atoms with E-state index in [0.29, 0.717) is 0 Å². The minimum atomic E-state index is 0. The Bertz CT molecular complexity index is 755. The van der Waals surface area contributed by atoms with Gasteiger partial charge in [-0.25, -0.2) is 0 Å². The number of nitrogens with zero attached hydrogens (tertiary/aromatic N) is 2. The van der Waals surface area contributed by atoms with E-state index in [2.05, 4.69) is 68.4 Å². The van der Waals surface area contributed by atoms with Crippen molar-refractivity contribution in [3.8, 4) is 0 Å². The molecule has 2 N–H and O–H groups in total. The van der Waals surface area contributed by atoms with Crippen molar-refractivity contribution >= 4 is 5.70 Å². The summed E-state index contributed by atoms with van der Waals surface area (Å²) in [6.07, 6.45) is 17.8. The van der Waals surface area contributed by atoms with Crippen LogP contribution >= 0.6 is 0 Å². The maximum absolute atomic E-state index is 4.55. The third kappa shape index (κ3) is 17.8. The van der Waals surface area contributed by atoms with Crippen LogP contribution in [-0.2, 0) is 17.6 Å². The van der Waals surface area contributed by atoms with E-state index in [1.54, 1.807) is 14.2 Å². The number of ether oxygens (including phenoxy) is 1. The molecule has 5 nitrogen and oxygen atoms in total. The first kappa shape index (κ1) is 33.4. The molecule has 0 saturated carbocycles. The fourth-order valence-electron chi connectivity index (χ4n) is 2.76. The van der Waals surface area contributed by atoms with Crippen LogP contribution in [0.2, 0.25) is 0 Å². The number of methoxy groups -OCH3 is 1. The van der Waals surface area contributed by atoms with Crippen molar-refractivity contribution in [1.82, 2.24) is 20.6 Å². The van der Waals surface area contributed by atoms with Crippen molar-refractivity contribution in [3.05, 3.63) is 90.6 Å². The molecule has 0 aliphatic rings. The average Bonchev–Trinajstić information content (AvgIpc) is 2.86. The van der Waals surface area contributed by atoms with Crippen molar-refractivity contribution in [2.75, 3.05) is 34.4 Å². The van der Waals surface area contributed by atoms with Gasteiger partial charge in [-0.1, -0.05) is 64.3 Å². The fraction of sp³-hybridized carbons (Fsp3) is 0.448. The Morgan fingerprint density at radius 3 is 2.35 bits per heavy atom. The standard InChI is InChI=1S/C24H32N4.C2H6O.C2H6.CH4/c1-21(26-19-16-23-13-9-11-18-27-23)24-15-14-22(20-28-24)12-8-6-4-3-5-7-10-17-25-2;1-3-2;1-2;/h3,5,7,9-11,13-15,18,20,25-26H,1,4,6,8,12,16-17,19H2,2H3;1-2H3;1-2H3;1H4/b5-3+,10-7-;;;. The average molecular weight is 469 g/mol. The number of aryl methyl sites for hydroxylation is 1. The summed E-state index contributed by atoms with van der Waals surface area (Å²) < 4.78 is 4.25. The molecule has 0 bridgehead atoms. The van der Waals surface area contributed by atoms with Crippen LogP contribution in [0, 0.1) is 0 Å². The van der Waals surface area contributed by atoms with Crippen LogP contribution in [0.4, 0.5) is 0 Å². The number of rotatable bonds is 13. The van der Waals surface area contributed by atoms with Crippen LogP contribution in [0.1, 0.15) is 57.5 Å². The summed E-state index contributed by atoms with van der Waals surface area (Å²) in [6, 6.07) is 10.2. The van der Waals surface area contributed by atoms with Crippen LogP contribution in [0.3, 0.4) is 0 Å². The lowest BCUT2D eigenvalue weighted by molar-refractivity contribution is 0.277. The molecule has 0 saturated heterocycles. The minimum absolute atomic E-state index is 0. The Kier molecular flexibility index (Phi) is 24.4. The Balaban J connectivity index is 0. The number of hydrogen-bond acceptors (Lipinski definition) is 5. The topological polar surface area (TPSA) is 59.1 Å². The Labute approximate surface area is 209 Å². The third-order valence-electron chi connectivity index (χ3n) is 4.37. The Morgan fingerprint density at radius 2 is 1.74 bits per heavy atom. The first-order valence-corrected chi connectivity index (χ1v) is 11.9. The van der Waals surface area contributed by atoms with Crippen LogP contribution in [0.5, 0.6) is 0 Å². The van der Waals surface area contributed by atoms with Crippen LogP contribution in [-0.4, -0.2) is 44.3 Å². The summed E-state index contributed by atoms with van der Waals surface area (Å²) in [6.45, 7) is 9.82. The van der Waals surface area contributed by atoms with Gasteiger partial charge >= 0.3 is 0 Å². The number of unbranched alkanes of at least 4 members (excludes halogenated alkanes) is 2. The van der Waals surface area contributed by atoms with E-state index in [0.717, 1.165) is 49.4 Å². The van der Waals surface area contributed by atoms with E-state index in [1.807, 2.05) is 51.5 Å². The summed E-state index contributed by atoms with van der Waals surface area (Å²) in [7, 11) is 5.20. The molecule has 0 unspecified atom stereocenters. The highest BCUT2D eigenvalue weighted by molar-refractivity contribution is 5.57. The molecule has 2 aromatic rings. The van der Waals surface area contributed by atoms with Gasteiger partial charge in [0, 0.05) is 51.8 Å². The first-order valence-electron chi connectivity index (χ1n) is 11.9. The monoisotopic (exact) mass is 468 g/mol. The molecule has 0 aliphatic carbocycles. The van der Waals surface area contributed by atoms with Gasteiger partial charge in [-0.2, -0.15) is 0 Å². The zero-order chi connectivity index (χ0) is 24.6. The van der Waals surface area contributed by atoms with Crippen molar-refractivity contribution in [2.24, 2.45) is 0 Å². The van der Waals surface area contributed by atoms with Gasteiger partial charge in [0.2, 0.25) is 0 Å². The van der Waals surface area contributed by atoms with Crippen molar-refractivity contribution in [2.45, 2.75) is 53.4 Å². The zero-order valence-electron chi connectivity index (χ0n) is 21.3. The number of likely N-dealkylation sites (N-methyl/N-ethyl adjacent to an activating group) is 1. The molecule has 0 amide bonds. The van der Waals surface area contributed by atoms with E-state index in [9.17, 15) is 0 Å². The lowest BCUT2D eigenvalue weighted by Gasteiger charge is -2.09. The number of pyridine rings is 2. The van der Waals surface area contributed by atoms with Crippen molar-refractivity contribution < 1.29 is 4.74 Å². The van der Waals surface area contributed by atoms with Gasteiger partial charge in [0.15, 0.2) is 0 Å². The van der Waals surface area contributed by atoms with Gasteiger partial charge in [-0.05, 0) is 56.5 Å². The fourth-order valence-corrected chi connectivity index (χ4v) is 2.76. The van der Waals surface area contributed by atoms with Gasteiger partial charge in [0.1, 0.15) is 0 Å². The van der Waals surface area contributed by atoms with Gasteiger partial charge in [0.05, 0.1) is 11.4 Å². The largest absolute Gasteiger partial charge is 0.388 e. The second-order valence-corrected chi connectivity index (χ2v) is 7.10. The first-order chi connectivity index (χ1) is 16.2. The van der Waals surface area contributed by atoms with Gasteiger partial charge in [-0.3, -0.25) is 9.97 Å². The Hall–Kier alpha value is -2.76. The lowest BCUT2D eigenvalue weighted by atomic mass is 10.1. The normalized spacial score (nSPS) is 10.0. The lowest BCUT2D eigenvalue weighted by Crippen LogP contribution is -2.16. The third-order valence-corrected chi connectivity index (χ3v) is 4.37. The summed E-state index contributed by atoms with van der Waals surface area (Å²) in [5.41, 5.74) is 4.12. The van der Waals surface area contributed by atoms with E-state index in [1.165, 1.54) is 18.4 Å². The second kappa shape index (κ2) is 24.9. The van der Waals surface area contributed by atoms with Crippen molar-refractivity contribution in [3.63, 3.8) is 0 Å². The van der Waals surface area contributed by atoms with E-state index >= 15 is 0 Å². The summed E-state index contributed by atoms with van der Waals surface area (Å²) in [5, 5.41) is 6.42. The van der Waals surface area contributed by atoms with E-state index in [4.69, 9.17) is 0 Å². The second-order valence-electron chi connectivity index (χ2n) is 7.10. The van der Waals surface area contributed by atoms with Gasteiger partial charge in [-0.15, -0.1) is 0 Å². The van der Waals surface area contributed by atoms with E-state index < -0.39 is 0 Å². The molecule has 0 fully saturated rings. The SMILES string of the molecule is C.C=C(NCCc1ccccn1)c1ccc(CCCC/C=C/C=C\CNC)cn1.CC.COC. The number of hydrogen-bond donors (Lipinski definition) is 2. The molecule has 0 radical (unpaired) electrons. The van der Waals surface area contributed by atoms with Crippen LogP contribution < -0.4 is 10.6 Å². The molecule has 0 spiro atoms. The highest BCUT2D eigenvalue weighted by Gasteiger charge is 2.01. The quantitative estimate of drug-likeness (QED) is 0.269. The molecule has 0 atom stereocenters. The van der Waals surface area contributed by atoms with E-state index in [-0.39, 0.29) is 7.43 Å². The number of nitrogens with one attached hydrogen (secondary N) is 2. The maximum Gasteiger partial charge on any atom is 0.0855 e. The summed E-state index contributed by atoms with van der Waals surface area (Å²) >= 11 is 0. The molecular weight excluding hydrogens is 420 g/mol. The molecule has 0 aromatic carbocycles. The van der Waals surface area contributed by atoms with Gasteiger partial charge in [0.25, 0.3) is 0 Å². The molecule has 2 aromatic heterocycles. The van der Waals surface area contributed by atoms with Crippen LogP contribution in [0.15, 0.2) is 73.6 Å². The van der Waals surface area contributed by atoms with Crippen LogP contribution in [0.25, 0.3) is 5.70 Å². The molecule has 5 heteroatoms. The highest BCUT2D eigenvalue weighted by atomic mass is 16.4. The number of allylic oxidation sites excluding steroid dienone is 3. The highest BCUT2D eigenvalue weighted by Crippen LogP contribution is 2.11. The number of aromatic nitrogens is 2. The zero-order valence-corrected chi connectivity index (χ0v) is 21.3. The molecule has 2 heterocycles. The van der Waals surface area contributed by atoms with Gasteiger partial charge < -0.3 is 15.4 Å². The Morgan fingerprint density at radius 1 is 1.00 bits per heavy atom. The van der Waals surface area contributed by atoms with Crippen molar-refractivity contribution in [1.29, 1.82) is 0 Å². The molecule has 34 heavy (non-hydrogen) atoms. The molecule has 2 rings (SSSR count). The predicted molar refractivity (Wildman–Crippen MR) is 150 cm³/mol. The molecule has 0 aliphatic heterocycles. The summed E-state index contributed by atoms with van der Waals surface area (Å²) in [4.78, 5) is 8.88. The minimum Gasteiger partial charge on any atom is -0.388 e. The predicted octanol–water partition coefficient (Wildman–Crippen LogP) is 6.25. The maximum atomic E-state index is 4.55. The smallest absolute Gasteiger partial charge is 0.0855 e. The molecule has 190 valence electrons. The summed E-state index contributed by atoms with van der Waals surface area (Å²) in [5.74, 6) is 0. The molecular formula is C29H48N4O.